The van der Waals surface area contributed by atoms with Gasteiger partial charge in [-0.25, -0.2) is 4.98 Å². The molecule has 0 radical (unpaired) electrons. The van der Waals surface area contributed by atoms with Crippen LogP contribution in [0.4, 0.5) is 0 Å². The Morgan fingerprint density at radius 3 is 3.20 bits per heavy atom. The Bertz CT molecular complexity index is 303. The lowest BCUT2D eigenvalue weighted by Gasteiger charge is -2.22. The van der Waals surface area contributed by atoms with E-state index in [0.717, 1.165) is 25.1 Å². The molecular formula is C10H16N4O. The van der Waals surface area contributed by atoms with E-state index in [1.807, 2.05) is 0 Å². The fourth-order valence-corrected chi connectivity index (χ4v) is 1.76. The summed E-state index contributed by atoms with van der Waals surface area (Å²) in [6.45, 7) is 1.47. The third-order valence-electron chi connectivity index (χ3n) is 2.63. The largest absolute Gasteiger partial charge is 0.349 e. The molecule has 5 heteroatoms. The number of hydrogen-bond acceptors (Lipinski definition) is 3. The molecule has 1 saturated heterocycles. The molecule has 1 aromatic rings. The Balaban J connectivity index is 1.76. The number of aromatic nitrogens is 2. The highest BCUT2D eigenvalue weighted by Gasteiger charge is 2.19. The predicted octanol–water partition coefficient (Wildman–Crippen LogP) is 0.168. The number of hydrogen-bond donors (Lipinski definition) is 3. The van der Waals surface area contributed by atoms with Crippen LogP contribution in [-0.4, -0.2) is 28.5 Å². The number of nitrogens with zero attached hydrogens (tertiary/aromatic N) is 1. The number of aromatic amines is 1. The SMILES string of the molecule is O=C(NCc1cnc[nH]1)[C@@H]1CCCCN1. The molecule has 1 atom stereocenters. The fraction of sp³-hybridized carbons (Fsp3) is 0.600. The maximum absolute atomic E-state index is 11.7. The van der Waals surface area contributed by atoms with E-state index in [2.05, 4.69) is 20.6 Å². The normalized spacial score (nSPS) is 21.2. The second-order valence-electron chi connectivity index (χ2n) is 3.80. The molecule has 2 heterocycles. The molecular weight excluding hydrogens is 192 g/mol. The van der Waals surface area contributed by atoms with Crippen LogP contribution in [0.15, 0.2) is 12.5 Å². The lowest BCUT2D eigenvalue weighted by Crippen LogP contribution is -2.46. The molecule has 1 amide bonds. The molecule has 0 aromatic carbocycles. The van der Waals surface area contributed by atoms with Crippen molar-refractivity contribution in [1.82, 2.24) is 20.6 Å². The third-order valence-corrected chi connectivity index (χ3v) is 2.63. The minimum absolute atomic E-state index is 0.0123. The maximum Gasteiger partial charge on any atom is 0.237 e. The van der Waals surface area contributed by atoms with Gasteiger partial charge in [-0.05, 0) is 19.4 Å². The van der Waals surface area contributed by atoms with Crippen molar-refractivity contribution in [3.63, 3.8) is 0 Å². The number of amides is 1. The van der Waals surface area contributed by atoms with Crippen molar-refractivity contribution in [2.24, 2.45) is 0 Å². The summed E-state index contributed by atoms with van der Waals surface area (Å²) in [7, 11) is 0. The van der Waals surface area contributed by atoms with Gasteiger partial charge >= 0.3 is 0 Å². The number of nitrogens with one attached hydrogen (secondary N) is 3. The van der Waals surface area contributed by atoms with Crippen molar-refractivity contribution in [2.45, 2.75) is 31.8 Å². The molecule has 2 rings (SSSR count). The molecule has 1 fully saturated rings. The first-order chi connectivity index (χ1) is 7.36. The van der Waals surface area contributed by atoms with Gasteiger partial charge in [0.1, 0.15) is 0 Å². The summed E-state index contributed by atoms with van der Waals surface area (Å²) in [4.78, 5) is 18.5. The molecule has 82 valence electrons. The first kappa shape index (κ1) is 10.2. The standard InChI is InChI=1S/C10H16N4O/c15-10(9-3-1-2-4-12-9)13-6-8-5-11-7-14-8/h5,7,9,12H,1-4,6H2,(H,11,14)(H,13,15)/t9-/m0/s1. The topological polar surface area (TPSA) is 69.8 Å². The van der Waals surface area contributed by atoms with Gasteiger partial charge in [0, 0.05) is 6.20 Å². The Kier molecular flexibility index (Phi) is 3.34. The highest BCUT2D eigenvalue weighted by molar-refractivity contribution is 5.81. The van der Waals surface area contributed by atoms with Crippen molar-refractivity contribution in [2.75, 3.05) is 6.54 Å². The molecule has 0 spiro atoms. The van der Waals surface area contributed by atoms with Crippen LogP contribution in [-0.2, 0) is 11.3 Å². The molecule has 0 saturated carbocycles. The van der Waals surface area contributed by atoms with E-state index >= 15 is 0 Å². The van der Waals surface area contributed by atoms with Crippen LogP contribution in [0.25, 0.3) is 0 Å². The second kappa shape index (κ2) is 4.93. The zero-order valence-electron chi connectivity index (χ0n) is 8.62. The Hall–Kier alpha value is -1.36. The Labute approximate surface area is 88.7 Å². The summed E-state index contributed by atoms with van der Waals surface area (Å²) in [5.41, 5.74) is 0.930. The van der Waals surface area contributed by atoms with Crippen LogP contribution in [0, 0.1) is 0 Å². The molecule has 1 aliphatic rings. The van der Waals surface area contributed by atoms with E-state index in [9.17, 15) is 4.79 Å². The average Bonchev–Trinajstić information content (AvgIpc) is 2.80. The highest BCUT2D eigenvalue weighted by atomic mass is 16.2. The summed E-state index contributed by atoms with van der Waals surface area (Å²) < 4.78 is 0. The zero-order valence-corrected chi connectivity index (χ0v) is 8.62. The van der Waals surface area contributed by atoms with Gasteiger partial charge in [0.25, 0.3) is 0 Å². The van der Waals surface area contributed by atoms with Crippen LogP contribution in [0.1, 0.15) is 25.0 Å². The van der Waals surface area contributed by atoms with Crippen molar-refractivity contribution in [3.05, 3.63) is 18.2 Å². The van der Waals surface area contributed by atoms with Gasteiger partial charge in [0.15, 0.2) is 0 Å². The van der Waals surface area contributed by atoms with Gasteiger partial charge in [-0.15, -0.1) is 0 Å². The van der Waals surface area contributed by atoms with Crippen LogP contribution in [0.2, 0.25) is 0 Å². The summed E-state index contributed by atoms with van der Waals surface area (Å²) in [6, 6.07) is -0.0123. The third kappa shape index (κ3) is 2.79. The van der Waals surface area contributed by atoms with Crippen LogP contribution in [0.5, 0.6) is 0 Å². The monoisotopic (exact) mass is 208 g/mol. The molecule has 15 heavy (non-hydrogen) atoms. The summed E-state index contributed by atoms with van der Waals surface area (Å²) in [5.74, 6) is 0.0873. The van der Waals surface area contributed by atoms with E-state index in [-0.39, 0.29) is 11.9 Å². The van der Waals surface area contributed by atoms with Gasteiger partial charge < -0.3 is 15.6 Å². The van der Waals surface area contributed by atoms with Gasteiger partial charge in [-0.3, -0.25) is 4.79 Å². The van der Waals surface area contributed by atoms with E-state index in [1.165, 1.54) is 6.42 Å². The first-order valence-corrected chi connectivity index (χ1v) is 5.34. The van der Waals surface area contributed by atoms with Crippen molar-refractivity contribution < 1.29 is 4.79 Å². The number of carbonyl (C=O) groups excluding carboxylic acids is 1. The minimum atomic E-state index is -0.0123. The van der Waals surface area contributed by atoms with Gasteiger partial charge in [0.05, 0.1) is 24.6 Å². The highest BCUT2D eigenvalue weighted by Crippen LogP contribution is 2.06. The molecule has 0 aliphatic carbocycles. The fourth-order valence-electron chi connectivity index (χ4n) is 1.76. The van der Waals surface area contributed by atoms with Crippen LogP contribution >= 0.6 is 0 Å². The van der Waals surface area contributed by atoms with E-state index in [4.69, 9.17) is 0 Å². The first-order valence-electron chi connectivity index (χ1n) is 5.34. The van der Waals surface area contributed by atoms with Gasteiger partial charge in [-0.2, -0.15) is 0 Å². The zero-order chi connectivity index (χ0) is 10.5. The van der Waals surface area contributed by atoms with Crippen molar-refractivity contribution in [3.8, 4) is 0 Å². The molecule has 5 nitrogen and oxygen atoms in total. The molecule has 0 unspecified atom stereocenters. The number of imidazole rings is 1. The van der Waals surface area contributed by atoms with E-state index in [0.29, 0.717) is 6.54 Å². The van der Waals surface area contributed by atoms with Crippen LogP contribution < -0.4 is 10.6 Å². The number of carbonyl (C=O) groups is 1. The molecule has 1 aliphatic heterocycles. The van der Waals surface area contributed by atoms with E-state index in [1.54, 1.807) is 12.5 Å². The minimum Gasteiger partial charge on any atom is -0.349 e. The van der Waals surface area contributed by atoms with Crippen molar-refractivity contribution >= 4 is 5.91 Å². The smallest absolute Gasteiger partial charge is 0.237 e. The maximum atomic E-state index is 11.7. The lowest BCUT2D eigenvalue weighted by molar-refractivity contribution is -0.123. The number of piperidine rings is 1. The Morgan fingerprint density at radius 2 is 2.53 bits per heavy atom. The van der Waals surface area contributed by atoms with E-state index < -0.39 is 0 Å². The average molecular weight is 208 g/mol. The second-order valence-corrected chi connectivity index (χ2v) is 3.80. The molecule has 0 bridgehead atoms. The summed E-state index contributed by atoms with van der Waals surface area (Å²) in [6.07, 6.45) is 6.57. The van der Waals surface area contributed by atoms with Gasteiger partial charge in [0.2, 0.25) is 5.91 Å². The summed E-state index contributed by atoms with van der Waals surface area (Å²) in [5, 5.41) is 6.09. The lowest BCUT2D eigenvalue weighted by atomic mass is 10.0. The molecule has 3 N–H and O–H groups in total. The van der Waals surface area contributed by atoms with Crippen molar-refractivity contribution in [1.29, 1.82) is 0 Å². The molecule has 1 aromatic heterocycles. The quantitative estimate of drug-likeness (QED) is 0.663. The predicted molar refractivity (Wildman–Crippen MR) is 56.1 cm³/mol. The number of rotatable bonds is 3. The number of H-pyrrole nitrogens is 1. The van der Waals surface area contributed by atoms with Gasteiger partial charge in [-0.1, -0.05) is 6.42 Å². The summed E-state index contributed by atoms with van der Waals surface area (Å²) >= 11 is 0. The Morgan fingerprint density at radius 1 is 1.60 bits per heavy atom. The van der Waals surface area contributed by atoms with Crippen LogP contribution in [0.3, 0.4) is 0 Å².